The smallest absolute Gasteiger partial charge is 0.229 e. The van der Waals surface area contributed by atoms with Gasteiger partial charge in [0.05, 0.1) is 11.7 Å². The summed E-state index contributed by atoms with van der Waals surface area (Å²) in [6, 6.07) is 0. The van der Waals surface area contributed by atoms with E-state index in [1.807, 2.05) is 0 Å². The Kier molecular flexibility index (Phi) is 2.10. The van der Waals surface area contributed by atoms with Crippen LogP contribution in [0.4, 0.5) is 17.6 Å². The van der Waals surface area contributed by atoms with Gasteiger partial charge in [-0.25, -0.2) is 26.0 Å². The molecule has 0 aromatic carbocycles. The van der Waals surface area contributed by atoms with Gasteiger partial charge in [0.15, 0.2) is 9.84 Å². The Balaban J connectivity index is 2.93. The highest BCUT2D eigenvalue weighted by atomic mass is 32.2. The molecule has 12 heavy (non-hydrogen) atoms. The van der Waals surface area contributed by atoms with Crippen LogP contribution in [0.5, 0.6) is 0 Å². The summed E-state index contributed by atoms with van der Waals surface area (Å²) in [4.78, 5) is 0. The Labute approximate surface area is 66.5 Å². The fourth-order valence-electron chi connectivity index (χ4n) is 1.11. The first-order chi connectivity index (χ1) is 5.25. The molecular formula is C5H6F4O2S. The van der Waals surface area contributed by atoms with Gasteiger partial charge in [-0.2, -0.15) is 0 Å². The minimum absolute atomic E-state index is 1.11. The third-order valence-electron chi connectivity index (χ3n) is 1.69. The predicted molar refractivity (Wildman–Crippen MR) is 33.1 cm³/mol. The molecule has 0 radical (unpaired) electrons. The lowest BCUT2D eigenvalue weighted by Gasteiger charge is -2.15. The molecule has 72 valence electrons. The molecule has 1 saturated heterocycles. The molecule has 0 saturated carbocycles. The summed E-state index contributed by atoms with van der Waals surface area (Å²) in [6.07, 6.45) is -3.28. The molecular weight excluding hydrogens is 200 g/mol. The maximum Gasteiger partial charge on any atom is 0.271 e. The molecule has 1 fully saturated rings. The van der Waals surface area contributed by atoms with Crippen molar-refractivity contribution in [1.82, 2.24) is 0 Å². The molecule has 0 bridgehead atoms. The van der Waals surface area contributed by atoms with Gasteiger partial charge in [0.2, 0.25) is 6.43 Å². The topological polar surface area (TPSA) is 34.1 Å². The van der Waals surface area contributed by atoms with E-state index in [0.717, 1.165) is 0 Å². The third kappa shape index (κ3) is 1.70. The van der Waals surface area contributed by atoms with E-state index in [2.05, 4.69) is 0 Å². The van der Waals surface area contributed by atoms with E-state index < -0.39 is 39.6 Å². The van der Waals surface area contributed by atoms with E-state index in [4.69, 9.17) is 0 Å². The normalized spacial score (nSPS) is 32.6. The first-order valence-electron chi connectivity index (χ1n) is 3.11. The van der Waals surface area contributed by atoms with E-state index in [0.29, 0.717) is 0 Å². The highest BCUT2D eigenvalue weighted by molar-refractivity contribution is 7.91. The number of sulfone groups is 1. The van der Waals surface area contributed by atoms with Crippen LogP contribution in [-0.4, -0.2) is 32.3 Å². The standard InChI is InChI=1S/C5H6F4O2S/c6-4(7)3-1-12(10,11)2-5(3,8)9/h3-4H,1-2H2. The van der Waals surface area contributed by atoms with Crippen LogP contribution < -0.4 is 0 Å². The lowest BCUT2D eigenvalue weighted by molar-refractivity contribution is -0.0808. The molecule has 2 nitrogen and oxygen atoms in total. The monoisotopic (exact) mass is 206 g/mol. The summed E-state index contributed by atoms with van der Waals surface area (Å²) < 4.78 is 69.8. The van der Waals surface area contributed by atoms with Crippen LogP contribution >= 0.6 is 0 Å². The SMILES string of the molecule is O=S1(=O)CC(C(F)F)C(F)(F)C1. The minimum Gasteiger partial charge on any atom is -0.229 e. The Hall–Kier alpha value is -0.330. The van der Waals surface area contributed by atoms with Crippen molar-refractivity contribution in [3.8, 4) is 0 Å². The first kappa shape index (κ1) is 9.76. The van der Waals surface area contributed by atoms with Gasteiger partial charge >= 0.3 is 0 Å². The zero-order chi connectivity index (χ0) is 9.57. The van der Waals surface area contributed by atoms with Crippen molar-refractivity contribution in [2.24, 2.45) is 5.92 Å². The fraction of sp³-hybridized carbons (Fsp3) is 1.00. The fourth-order valence-corrected chi connectivity index (χ4v) is 2.97. The molecule has 0 aromatic heterocycles. The van der Waals surface area contributed by atoms with Crippen LogP contribution in [-0.2, 0) is 9.84 Å². The molecule has 0 aliphatic carbocycles. The van der Waals surface area contributed by atoms with Crippen molar-refractivity contribution < 1.29 is 26.0 Å². The average molecular weight is 206 g/mol. The molecule has 1 atom stereocenters. The van der Waals surface area contributed by atoms with Crippen LogP contribution in [0, 0.1) is 5.92 Å². The van der Waals surface area contributed by atoms with Crippen LogP contribution in [0.3, 0.4) is 0 Å². The van der Waals surface area contributed by atoms with Gasteiger partial charge in [-0.15, -0.1) is 0 Å². The first-order valence-corrected chi connectivity index (χ1v) is 4.93. The highest BCUT2D eigenvalue weighted by Gasteiger charge is 2.56. The lowest BCUT2D eigenvalue weighted by Crippen LogP contribution is -2.31. The van der Waals surface area contributed by atoms with Crippen molar-refractivity contribution in [2.75, 3.05) is 11.5 Å². The predicted octanol–water partition coefficient (Wildman–Crippen LogP) is 0.931. The molecule has 1 aliphatic rings. The summed E-state index contributed by atoms with van der Waals surface area (Å²) in [6.45, 7) is 0. The van der Waals surface area contributed by atoms with Gasteiger partial charge in [-0.05, 0) is 0 Å². The van der Waals surface area contributed by atoms with Crippen molar-refractivity contribution >= 4 is 9.84 Å². The Bertz CT molecular complexity index is 271. The molecule has 0 N–H and O–H groups in total. The lowest BCUT2D eigenvalue weighted by atomic mass is 10.1. The largest absolute Gasteiger partial charge is 0.271 e. The molecule has 1 unspecified atom stereocenters. The summed E-state index contributed by atoms with van der Waals surface area (Å²) in [5.74, 6) is -8.66. The van der Waals surface area contributed by atoms with Crippen LogP contribution in [0.25, 0.3) is 0 Å². The van der Waals surface area contributed by atoms with Crippen molar-refractivity contribution in [2.45, 2.75) is 12.3 Å². The second-order valence-electron chi connectivity index (χ2n) is 2.76. The average Bonchev–Trinajstić information content (AvgIpc) is 1.99. The molecule has 1 heterocycles. The Morgan fingerprint density at radius 2 is 1.83 bits per heavy atom. The van der Waals surface area contributed by atoms with Gasteiger partial charge in [0, 0.05) is 0 Å². The second kappa shape index (κ2) is 2.58. The summed E-state index contributed by atoms with van der Waals surface area (Å²) in [5.41, 5.74) is 0. The van der Waals surface area contributed by atoms with Crippen molar-refractivity contribution in [3.05, 3.63) is 0 Å². The highest BCUT2D eigenvalue weighted by Crippen LogP contribution is 2.38. The summed E-state index contributed by atoms with van der Waals surface area (Å²) >= 11 is 0. The van der Waals surface area contributed by atoms with Crippen molar-refractivity contribution in [3.63, 3.8) is 0 Å². The van der Waals surface area contributed by atoms with Crippen LogP contribution in [0.15, 0.2) is 0 Å². The zero-order valence-corrected chi connectivity index (χ0v) is 6.62. The number of rotatable bonds is 1. The van der Waals surface area contributed by atoms with Gasteiger partial charge in [0.25, 0.3) is 5.92 Å². The van der Waals surface area contributed by atoms with Crippen LogP contribution in [0.1, 0.15) is 0 Å². The van der Waals surface area contributed by atoms with Crippen molar-refractivity contribution in [1.29, 1.82) is 0 Å². The maximum absolute atomic E-state index is 12.5. The van der Waals surface area contributed by atoms with E-state index >= 15 is 0 Å². The molecule has 0 aromatic rings. The van der Waals surface area contributed by atoms with E-state index in [1.165, 1.54) is 0 Å². The Morgan fingerprint density at radius 1 is 1.33 bits per heavy atom. The number of hydrogen-bond acceptors (Lipinski definition) is 2. The summed E-state index contributed by atoms with van der Waals surface area (Å²) in [7, 11) is -3.98. The van der Waals surface area contributed by atoms with E-state index in [9.17, 15) is 26.0 Å². The zero-order valence-electron chi connectivity index (χ0n) is 5.81. The Morgan fingerprint density at radius 3 is 2.00 bits per heavy atom. The third-order valence-corrected chi connectivity index (χ3v) is 3.38. The molecule has 7 heteroatoms. The number of halogens is 4. The van der Waals surface area contributed by atoms with E-state index in [-0.39, 0.29) is 0 Å². The second-order valence-corrected chi connectivity index (χ2v) is 4.87. The number of hydrogen-bond donors (Lipinski definition) is 0. The molecule has 1 aliphatic heterocycles. The molecule has 0 spiro atoms. The minimum atomic E-state index is -3.98. The summed E-state index contributed by atoms with van der Waals surface area (Å²) in [5, 5.41) is 0. The number of alkyl halides is 4. The van der Waals surface area contributed by atoms with Gasteiger partial charge < -0.3 is 0 Å². The van der Waals surface area contributed by atoms with E-state index in [1.54, 1.807) is 0 Å². The van der Waals surface area contributed by atoms with Crippen LogP contribution in [0.2, 0.25) is 0 Å². The quantitative estimate of drug-likeness (QED) is 0.598. The maximum atomic E-state index is 12.5. The molecule has 0 amide bonds. The van der Waals surface area contributed by atoms with Gasteiger partial charge in [-0.1, -0.05) is 0 Å². The van der Waals surface area contributed by atoms with Gasteiger partial charge in [-0.3, -0.25) is 0 Å². The molecule has 1 rings (SSSR count). The van der Waals surface area contributed by atoms with Gasteiger partial charge in [0.1, 0.15) is 5.75 Å².